The molecule has 1 N–H and O–H groups in total. The highest BCUT2D eigenvalue weighted by Gasteiger charge is 2.05. The number of nitrogens with zero attached hydrogens (tertiary/aromatic N) is 1. The Kier molecular flexibility index (Phi) is 40.7. The second-order valence-electron chi connectivity index (χ2n) is 15.0. The molecule has 0 bridgehead atoms. The topological polar surface area (TPSA) is 49.4 Å². The van der Waals surface area contributed by atoms with Crippen LogP contribution >= 0.6 is 11.8 Å². The van der Waals surface area contributed by atoms with Gasteiger partial charge in [-0.2, -0.15) is 0 Å². The third-order valence-corrected chi connectivity index (χ3v) is 11.0. The summed E-state index contributed by atoms with van der Waals surface area (Å²) in [6, 6.07) is 0. The Bertz CT molecular complexity index is 659. The number of carbonyl (C=O) groups is 2. The lowest BCUT2D eigenvalue weighted by molar-refractivity contribution is -0.119. The van der Waals surface area contributed by atoms with Gasteiger partial charge in [-0.25, -0.2) is 0 Å². The predicted molar refractivity (Wildman–Crippen MR) is 217 cm³/mol. The van der Waals surface area contributed by atoms with Gasteiger partial charge >= 0.3 is 0 Å². The zero-order valence-electron chi connectivity index (χ0n) is 33.0. The zero-order chi connectivity index (χ0) is 35.0. The first-order valence-corrected chi connectivity index (χ1v) is 22.6. The molecule has 48 heavy (non-hydrogen) atoms. The van der Waals surface area contributed by atoms with Crippen LogP contribution in [0.2, 0.25) is 0 Å². The zero-order valence-corrected chi connectivity index (χ0v) is 33.9. The fourth-order valence-electron chi connectivity index (χ4n) is 6.63. The molecule has 0 heterocycles. The number of unbranched alkanes of at least 4 members (excludes halogenated alkanes) is 25. The number of ketones is 1. The van der Waals surface area contributed by atoms with Crippen molar-refractivity contribution in [2.75, 3.05) is 39.0 Å². The van der Waals surface area contributed by atoms with E-state index in [9.17, 15) is 9.59 Å². The molecule has 0 aromatic heterocycles. The van der Waals surface area contributed by atoms with E-state index in [1.165, 1.54) is 167 Å². The van der Waals surface area contributed by atoms with E-state index in [4.69, 9.17) is 0 Å². The van der Waals surface area contributed by atoms with Crippen molar-refractivity contribution < 1.29 is 9.59 Å². The average Bonchev–Trinajstić information content (AvgIpc) is 3.08. The van der Waals surface area contributed by atoms with Gasteiger partial charge in [-0.1, -0.05) is 186 Å². The first-order chi connectivity index (χ1) is 23.6. The molecule has 0 saturated heterocycles. The molecule has 0 aliphatic rings. The molecular weight excluding hydrogens is 609 g/mol. The van der Waals surface area contributed by atoms with Crippen LogP contribution in [0.5, 0.6) is 0 Å². The standard InChI is InChI=1S/C43H86N2O2S/c1-4-6-8-10-12-14-16-18-19-21-23-25-27-29-34-42(46)35-32-39-45(3)40-33-38-44-37-31-36-43(47)48-41-30-28-26-24-22-20-17-15-13-11-9-7-5-2/h44H,4-41H2,1-3H3. The average molecular weight is 695 g/mol. The summed E-state index contributed by atoms with van der Waals surface area (Å²) in [5.74, 6) is 1.46. The summed E-state index contributed by atoms with van der Waals surface area (Å²) in [5, 5.41) is 3.88. The lowest BCUT2D eigenvalue weighted by atomic mass is 10.0. The summed E-state index contributed by atoms with van der Waals surface area (Å²) >= 11 is 1.56. The first-order valence-electron chi connectivity index (χ1n) is 21.7. The van der Waals surface area contributed by atoms with Crippen LogP contribution in [0.3, 0.4) is 0 Å². The van der Waals surface area contributed by atoms with Crippen LogP contribution in [0.4, 0.5) is 0 Å². The lowest BCUT2D eigenvalue weighted by Gasteiger charge is -2.16. The number of rotatable bonds is 41. The summed E-state index contributed by atoms with van der Waals surface area (Å²) in [6.07, 6.45) is 42.2. The number of hydrogen-bond acceptors (Lipinski definition) is 5. The number of Topliss-reactive ketones (excluding diaryl/α,β-unsaturated/α-hetero) is 1. The van der Waals surface area contributed by atoms with E-state index in [0.717, 1.165) is 70.5 Å². The monoisotopic (exact) mass is 695 g/mol. The minimum Gasteiger partial charge on any atom is -0.317 e. The van der Waals surface area contributed by atoms with Gasteiger partial charge in [0.25, 0.3) is 0 Å². The smallest absolute Gasteiger partial charge is 0.188 e. The third-order valence-electron chi connectivity index (χ3n) is 9.94. The van der Waals surface area contributed by atoms with Gasteiger partial charge in [0.15, 0.2) is 5.12 Å². The number of carbonyl (C=O) groups excluding carboxylic acids is 2. The molecule has 0 amide bonds. The summed E-state index contributed by atoms with van der Waals surface area (Å²) in [5.41, 5.74) is 0. The van der Waals surface area contributed by atoms with Crippen LogP contribution in [-0.2, 0) is 9.59 Å². The molecule has 0 unspecified atom stereocenters. The van der Waals surface area contributed by atoms with E-state index >= 15 is 0 Å². The Morgan fingerprint density at radius 2 is 0.812 bits per heavy atom. The van der Waals surface area contributed by atoms with E-state index in [2.05, 4.69) is 31.1 Å². The van der Waals surface area contributed by atoms with Crippen molar-refractivity contribution in [2.45, 2.75) is 226 Å². The van der Waals surface area contributed by atoms with Gasteiger partial charge < -0.3 is 10.2 Å². The van der Waals surface area contributed by atoms with Crippen molar-refractivity contribution >= 4 is 22.7 Å². The minimum absolute atomic E-state index is 0.370. The van der Waals surface area contributed by atoms with Gasteiger partial charge in [0.05, 0.1) is 0 Å². The Balaban J connectivity index is 3.33. The van der Waals surface area contributed by atoms with Gasteiger partial charge in [0.1, 0.15) is 5.78 Å². The fourth-order valence-corrected chi connectivity index (χ4v) is 7.50. The molecule has 0 aromatic carbocycles. The summed E-state index contributed by atoms with van der Waals surface area (Å²) in [6.45, 7) is 8.58. The predicted octanol–water partition coefficient (Wildman–Crippen LogP) is 13.2. The van der Waals surface area contributed by atoms with Crippen molar-refractivity contribution in [2.24, 2.45) is 0 Å². The highest BCUT2D eigenvalue weighted by Crippen LogP contribution is 2.16. The van der Waals surface area contributed by atoms with Crippen molar-refractivity contribution in [3.63, 3.8) is 0 Å². The number of nitrogens with one attached hydrogen (secondary N) is 1. The molecule has 0 aliphatic heterocycles. The van der Waals surface area contributed by atoms with Crippen molar-refractivity contribution in [1.29, 1.82) is 0 Å². The summed E-state index contributed by atoms with van der Waals surface area (Å²) in [4.78, 5) is 26.8. The molecular formula is C43H86N2O2S. The highest BCUT2D eigenvalue weighted by molar-refractivity contribution is 8.13. The van der Waals surface area contributed by atoms with Gasteiger partial charge in [-0.15, -0.1) is 0 Å². The lowest BCUT2D eigenvalue weighted by Crippen LogP contribution is -2.26. The summed E-state index contributed by atoms with van der Waals surface area (Å²) < 4.78 is 0. The Morgan fingerprint density at radius 1 is 0.438 bits per heavy atom. The SMILES string of the molecule is CCCCCCCCCCCCCCCCC(=O)CCCN(C)CCCNCCCC(=O)SCCCCCCCCCCCCCCC. The van der Waals surface area contributed by atoms with Gasteiger partial charge in [-0.05, 0) is 65.3 Å². The molecule has 5 heteroatoms. The fraction of sp³-hybridized carbons (Fsp3) is 0.953. The van der Waals surface area contributed by atoms with Gasteiger partial charge in [0.2, 0.25) is 0 Å². The van der Waals surface area contributed by atoms with Crippen molar-refractivity contribution in [3.05, 3.63) is 0 Å². The number of thioether (sulfide) groups is 1. The molecule has 0 aliphatic carbocycles. The second kappa shape index (κ2) is 41.0. The molecule has 0 atom stereocenters. The van der Waals surface area contributed by atoms with E-state index in [1.54, 1.807) is 11.8 Å². The maximum Gasteiger partial charge on any atom is 0.188 e. The molecule has 4 nitrogen and oxygen atoms in total. The minimum atomic E-state index is 0.370. The summed E-state index contributed by atoms with van der Waals surface area (Å²) in [7, 11) is 2.17. The second-order valence-corrected chi connectivity index (χ2v) is 16.1. The van der Waals surface area contributed by atoms with Crippen molar-refractivity contribution in [1.82, 2.24) is 10.2 Å². The molecule has 0 saturated carbocycles. The van der Waals surface area contributed by atoms with Crippen LogP contribution in [0.25, 0.3) is 0 Å². The van der Waals surface area contributed by atoms with Gasteiger partial charge in [0, 0.05) is 25.0 Å². The molecule has 0 spiro atoms. The van der Waals surface area contributed by atoms with E-state index in [-0.39, 0.29) is 0 Å². The maximum absolute atomic E-state index is 12.3. The molecule has 0 rings (SSSR count). The molecule has 0 radical (unpaired) electrons. The normalized spacial score (nSPS) is 11.6. The van der Waals surface area contributed by atoms with Crippen LogP contribution in [0.15, 0.2) is 0 Å². The van der Waals surface area contributed by atoms with Gasteiger partial charge in [-0.3, -0.25) is 9.59 Å². The number of hydrogen-bond donors (Lipinski definition) is 1. The maximum atomic E-state index is 12.3. The third kappa shape index (κ3) is 40.0. The van der Waals surface area contributed by atoms with Crippen LogP contribution < -0.4 is 5.32 Å². The van der Waals surface area contributed by atoms with Crippen LogP contribution in [0, 0.1) is 0 Å². The van der Waals surface area contributed by atoms with E-state index in [0.29, 0.717) is 17.3 Å². The Morgan fingerprint density at radius 3 is 1.29 bits per heavy atom. The van der Waals surface area contributed by atoms with Crippen LogP contribution in [0.1, 0.15) is 226 Å². The van der Waals surface area contributed by atoms with Crippen LogP contribution in [-0.4, -0.2) is 54.8 Å². The molecule has 286 valence electrons. The van der Waals surface area contributed by atoms with Crippen molar-refractivity contribution in [3.8, 4) is 0 Å². The molecule has 0 aromatic rings. The van der Waals surface area contributed by atoms with E-state index in [1.807, 2.05) is 0 Å². The quantitative estimate of drug-likeness (QED) is 0.0646. The van der Waals surface area contributed by atoms with E-state index < -0.39 is 0 Å². The molecule has 0 fully saturated rings. The Labute approximate surface area is 306 Å². The highest BCUT2D eigenvalue weighted by atomic mass is 32.2. The Hall–Kier alpha value is -0.390. The largest absolute Gasteiger partial charge is 0.317 e. The first kappa shape index (κ1) is 47.6.